The van der Waals surface area contributed by atoms with Gasteiger partial charge in [-0.25, -0.2) is 9.18 Å². The van der Waals surface area contributed by atoms with Gasteiger partial charge in [0.05, 0.1) is 25.0 Å². The van der Waals surface area contributed by atoms with Crippen LogP contribution in [0.5, 0.6) is 0 Å². The molecule has 1 aromatic carbocycles. The lowest BCUT2D eigenvalue weighted by molar-refractivity contribution is 0.0599. The van der Waals surface area contributed by atoms with Crippen molar-refractivity contribution in [2.45, 2.75) is 51.0 Å². The van der Waals surface area contributed by atoms with E-state index in [1.54, 1.807) is 13.2 Å². The van der Waals surface area contributed by atoms with Crippen molar-refractivity contribution in [1.82, 2.24) is 4.98 Å². The van der Waals surface area contributed by atoms with Gasteiger partial charge in [0.2, 0.25) is 0 Å². The van der Waals surface area contributed by atoms with Crippen LogP contribution in [0.3, 0.4) is 0 Å². The quantitative estimate of drug-likeness (QED) is 0.681. The zero-order valence-electron chi connectivity index (χ0n) is 16.0. The molecule has 5 heteroatoms. The predicted molar refractivity (Wildman–Crippen MR) is 100 cm³/mol. The Balaban J connectivity index is 2.06. The summed E-state index contributed by atoms with van der Waals surface area (Å²) in [6.45, 7) is 2.23. The van der Waals surface area contributed by atoms with Crippen LogP contribution >= 0.6 is 0 Å². The number of esters is 1. The van der Waals surface area contributed by atoms with Gasteiger partial charge in [-0.3, -0.25) is 4.98 Å². The molecule has 142 valence electrons. The summed E-state index contributed by atoms with van der Waals surface area (Å²) in [4.78, 5) is 17.8. The lowest BCUT2D eigenvalue weighted by Gasteiger charge is -2.21. The fourth-order valence-corrected chi connectivity index (χ4v) is 3.81. The highest BCUT2D eigenvalue weighted by Gasteiger charge is 2.38. The molecular weight excluding hydrogens is 345 g/mol. The molecule has 0 amide bonds. The molecule has 0 unspecified atom stereocenters. The summed E-state index contributed by atoms with van der Waals surface area (Å²) in [6.07, 6.45) is 4.28. The highest BCUT2D eigenvalue weighted by atomic mass is 19.1. The number of rotatable bonds is 6. The number of nitrogens with zero attached hydrogens (tertiary/aromatic N) is 1. The third kappa shape index (κ3) is 3.36. The molecule has 2 aliphatic rings. The Morgan fingerprint density at radius 2 is 1.81 bits per heavy atom. The normalized spacial score (nSPS) is 16.4. The maximum absolute atomic E-state index is 13.7. The molecule has 0 N–H and O–H groups in total. The van der Waals surface area contributed by atoms with E-state index in [-0.39, 0.29) is 11.8 Å². The molecule has 2 saturated carbocycles. The number of methoxy groups -OCH3 is 2. The van der Waals surface area contributed by atoms with Gasteiger partial charge < -0.3 is 9.47 Å². The first kappa shape index (κ1) is 18.1. The van der Waals surface area contributed by atoms with Crippen molar-refractivity contribution in [2.75, 3.05) is 14.2 Å². The lowest BCUT2D eigenvalue weighted by atomic mass is 9.88. The van der Waals surface area contributed by atoms with Crippen molar-refractivity contribution in [3.63, 3.8) is 0 Å². The summed E-state index contributed by atoms with van der Waals surface area (Å²) in [6, 6.07) is 4.69. The van der Waals surface area contributed by atoms with Crippen LogP contribution in [0, 0.1) is 12.7 Å². The summed E-state index contributed by atoms with van der Waals surface area (Å²) < 4.78 is 24.4. The SMILES string of the molecule is COCc1c(C2CC2)nc(C2CC2)c(C(=O)OC)c1-c1ccc(F)cc1C. The Bertz CT molecular complexity index is 901. The molecule has 0 radical (unpaired) electrons. The first-order chi connectivity index (χ1) is 13.0. The molecule has 0 bridgehead atoms. The van der Waals surface area contributed by atoms with Crippen LogP contribution in [0.4, 0.5) is 4.39 Å². The van der Waals surface area contributed by atoms with Crippen LogP contribution in [0.1, 0.15) is 70.4 Å². The van der Waals surface area contributed by atoms with Crippen LogP contribution in [0.15, 0.2) is 18.2 Å². The second-order valence-corrected chi connectivity index (χ2v) is 7.54. The summed E-state index contributed by atoms with van der Waals surface area (Å²) >= 11 is 0. The topological polar surface area (TPSA) is 48.4 Å². The van der Waals surface area contributed by atoms with Crippen molar-refractivity contribution in [2.24, 2.45) is 0 Å². The number of hydrogen-bond acceptors (Lipinski definition) is 4. The lowest BCUT2D eigenvalue weighted by Crippen LogP contribution is -2.15. The largest absolute Gasteiger partial charge is 0.465 e. The molecule has 0 atom stereocenters. The summed E-state index contributed by atoms with van der Waals surface area (Å²) in [5.41, 5.74) is 5.75. The van der Waals surface area contributed by atoms with Gasteiger partial charge in [-0.05, 0) is 55.9 Å². The molecule has 0 saturated heterocycles. The average molecular weight is 369 g/mol. The number of aromatic nitrogens is 1. The van der Waals surface area contributed by atoms with E-state index in [0.29, 0.717) is 24.0 Å². The smallest absolute Gasteiger partial charge is 0.340 e. The van der Waals surface area contributed by atoms with Crippen LogP contribution in [0.2, 0.25) is 0 Å². The number of carbonyl (C=O) groups is 1. The maximum Gasteiger partial charge on any atom is 0.340 e. The minimum absolute atomic E-state index is 0.289. The average Bonchev–Trinajstić information content (AvgIpc) is 3.54. The number of hydrogen-bond donors (Lipinski definition) is 0. The predicted octanol–water partition coefficient (Wildman–Crippen LogP) is 4.88. The third-order valence-corrected chi connectivity index (χ3v) is 5.42. The number of carbonyl (C=O) groups excluding carboxylic acids is 1. The highest BCUT2D eigenvalue weighted by Crippen LogP contribution is 2.49. The monoisotopic (exact) mass is 369 g/mol. The summed E-state index contributed by atoms with van der Waals surface area (Å²) in [5, 5.41) is 0. The van der Waals surface area contributed by atoms with E-state index >= 15 is 0 Å². The third-order valence-electron chi connectivity index (χ3n) is 5.42. The van der Waals surface area contributed by atoms with Gasteiger partial charge in [0.1, 0.15) is 5.82 Å². The van der Waals surface area contributed by atoms with Gasteiger partial charge in [-0.1, -0.05) is 6.07 Å². The fourth-order valence-electron chi connectivity index (χ4n) is 3.81. The number of halogens is 1. The number of benzene rings is 1. The van der Waals surface area contributed by atoms with E-state index in [4.69, 9.17) is 14.5 Å². The molecule has 1 aromatic heterocycles. The second-order valence-electron chi connectivity index (χ2n) is 7.54. The second kappa shape index (κ2) is 7.04. The molecule has 0 aliphatic heterocycles. The van der Waals surface area contributed by atoms with Crippen molar-refractivity contribution in [1.29, 1.82) is 0 Å². The Morgan fingerprint density at radius 3 is 2.37 bits per heavy atom. The standard InChI is InChI=1S/C22H24FNO3/c1-12-10-15(23)8-9-16(12)18-17(11-26-2)20(13-4-5-13)24-21(14-6-7-14)19(18)22(25)27-3/h8-10,13-14H,4-7,11H2,1-3H3. The molecule has 4 nitrogen and oxygen atoms in total. The Hall–Kier alpha value is -2.27. The van der Waals surface area contributed by atoms with E-state index < -0.39 is 0 Å². The fraction of sp³-hybridized carbons (Fsp3) is 0.455. The molecule has 27 heavy (non-hydrogen) atoms. The van der Waals surface area contributed by atoms with E-state index in [1.165, 1.54) is 19.2 Å². The van der Waals surface area contributed by atoms with Crippen molar-refractivity contribution >= 4 is 5.97 Å². The van der Waals surface area contributed by atoms with Gasteiger partial charge in [-0.2, -0.15) is 0 Å². The van der Waals surface area contributed by atoms with Crippen molar-refractivity contribution < 1.29 is 18.7 Å². The van der Waals surface area contributed by atoms with Gasteiger partial charge in [-0.15, -0.1) is 0 Å². The molecular formula is C22H24FNO3. The van der Waals surface area contributed by atoms with Gasteiger partial charge in [0.25, 0.3) is 0 Å². The molecule has 1 heterocycles. The van der Waals surface area contributed by atoms with Gasteiger partial charge in [0.15, 0.2) is 0 Å². The maximum atomic E-state index is 13.7. The summed E-state index contributed by atoms with van der Waals surface area (Å²) in [5.74, 6) is 0.0393. The molecule has 2 fully saturated rings. The minimum atomic E-state index is -0.386. The van der Waals surface area contributed by atoms with E-state index in [0.717, 1.165) is 59.3 Å². The van der Waals surface area contributed by atoms with E-state index in [1.807, 2.05) is 6.92 Å². The minimum Gasteiger partial charge on any atom is -0.465 e. The van der Waals surface area contributed by atoms with E-state index in [2.05, 4.69) is 0 Å². The number of ether oxygens (including phenoxy) is 2. The zero-order chi connectivity index (χ0) is 19.1. The van der Waals surface area contributed by atoms with E-state index in [9.17, 15) is 9.18 Å². The van der Waals surface area contributed by atoms with Crippen molar-refractivity contribution in [3.8, 4) is 11.1 Å². The van der Waals surface area contributed by atoms with Crippen LogP contribution in [-0.2, 0) is 16.1 Å². The van der Waals surface area contributed by atoms with Gasteiger partial charge >= 0.3 is 5.97 Å². The Morgan fingerprint density at radius 1 is 1.15 bits per heavy atom. The Labute approximate surface area is 158 Å². The molecule has 2 aliphatic carbocycles. The van der Waals surface area contributed by atoms with Gasteiger partial charge in [0, 0.05) is 35.8 Å². The zero-order valence-corrected chi connectivity index (χ0v) is 16.0. The highest BCUT2D eigenvalue weighted by molar-refractivity contribution is 6.00. The van der Waals surface area contributed by atoms with Crippen LogP contribution in [-0.4, -0.2) is 25.2 Å². The molecule has 2 aromatic rings. The Kier molecular flexibility index (Phi) is 4.72. The molecule has 4 rings (SSSR count). The first-order valence-corrected chi connectivity index (χ1v) is 9.45. The van der Waals surface area contributed by atoms with Crippen LogP contribution in [0.25, 0.3) is 11.1 Å². The van der Waals surface area contributed by atoms with Crippen LogP contribution < -0.4 is 0 Å². The summed E-state index contributed by atoms with van der Waals surface area (Å²) in [7, 11) is 3.04. The first-order valence-electron chi connectivity index (χ1n) is 9.45. The van der Waals surface area contributed by atoms with Crippen molar-refractivity contribution in [3.05, 3.63) is 52.1 Å². The molecule has 0 spiro atoms. The number of pyridine rings is 1. The number of aryl methyl sites for hydroxylation is 1.